The van der Waals surface area contributed by atoms with Gasteiger partial charge in [-0.25, -0.2) is 0 Å². The number of carbonyl (C=O) groups is 1. The molecule has 0 saturated carbocycles. The van der Waals surface area contributed by atoms with Crippen molar-refractivity contribution in [1.82, 2.24) is 10.2 Å². The monoisotopic (exact) mass is 358 g/mol. The zero-order chi connectivity index (χ0) is 17.6. The summed E-state index contributed by atoms with van der Waals surface area (Å²) in [5.41, 5.74) is 2.77. The first-order valence-electron chi connectivity index (χ1n) is 8.25. The molecular weight excluding hydrogens is 340 g/mol. The van der Waals surface area contributed by atoms with Gasteiger partial charge in [0.15, 0.2) is 0 Å². The quantitative estimate of drug-likeness (QED) is 0.651. The number of carbonyl (C=O) groups excluding carboxylic acids is 1. The van der Waals surface area contributed by atoms with Crippen molar-refractivity contribution in [3.8, 4) is 0 Å². The molecule has 1 amide bonds. The molecule has 1 aromatic heterocycles. The molecule has 0 fully saturated rings. The van der Waals surface area contributed by atoms with Crippen molar-refractivity contribution in [2.45, 2.75) is 26.1 Å². The van der Waals surface area contributed by atoms with Crippen LogP contribution in [0, 0.1) is 10.1 Å². The summed E-state index contributed by atoms with van der Waals surface area (Å²) in [6.45, 7) is 5.02. The van der Waals surface area contributed by atoms with Gasteiger partial charge in [-0.1, -0.05) is 6.92 Å². The summed E-state index contributed by atoms with van der Waals surface area (Å²) >= 11 is 1.65. The largest absolute Gasteiger partial charge is 0.353 e. The Morgan fingerprint density at radius 2 is 2.08 bits per heavy atom. The molecule has 0 radical (unpaired) electrons. The van der Waals surface area contributed by atoms with Gasteiger partial charge in [-0.05, 0) is 36.2 Å². The summed E-state index contributed by atoms with van der Waals surface area (Å²) in [6.07, 6.45) is 0.523. The highest BCUT2D eigenvalue weighted by atomic mass is 32.1. The number of nitrogens with zero attached hydrogens (tertiary/aromatic N) is 2. The molecule has 2 aliphatic heterocycles. The van der Waals surface area contributed by atoms with Crippen LogP contribution in [0.5, 0.6) is 0 Å². The number of nitro groups is 1. The summed E-state index contributed by atoms with van der Waals surface area (Å²) < 4.78 is 0. The number of likely N-dealkylation sites (N-methyl/N-ethyl adjacent to an activating group) is 1. The maximum atomic E-state index is 12.7. The van der Waals surface area contributed by atoms with E-state index in [1.54, 1.807) is 23.5 Å². The number of rotatable bonds is 3. The third-order valence-electron chi connectivity index (χ3n) is 4.80. The van der Waals surface area contributed by atoms with Gasteiger partial charge in [-0.15, -0.1) is 11.3 Å². The zero-order valence-corrected chi connectivity index (χ0v) is 14.6. The first kappa shape index (κ1) is 16.0. The number of thiophene rings is 1. The summed E-state index contributed by atoms with van der Waals surface area (Å²) in [5, 5.41) is 18.0. The molecule has 8 heteroatoms. The topological polar surface area (TPSA) is 87.5 Å². The number of non-ortho nitro benzene ring substituents is 1. The van der Waals surface area contributed by atoms with Crippen molar-refractivity contribution in [1.29, 1.82) is 0 Å². The highest BCUT2D eigenvalue weighted by Crippen LogP contribution is 2.40. The summed E-state index contributed by atoms with van der Waals surface area (Å²) in [5.74, 6) is -0.0699. The van der Waals surface area contributed by atoms with Crippen LogP contribution in [0.4, 0.5) is 10.7 Å². The number of nitrogens with one attached hydrogen (secondary N) is 2. The molecule has 0 unspecified atom stereocenters. The lowest BCUT2D eigenvalue weighted by molar-refractivity contribution is -0.384. The molecule has 130 valence electrons. The van der Waals surface area contributed by atoms with Crippen molar-refractivity contribution in [3.05, 3.63) is 55.9 Å². The Morgan fingerprint density at radius 3 is 2.76 bits per heavy atom. The van der Waals surface area contributed by atoms with E-state index in [0.29, 0.717) is 0 Å². The Labute approximate surface area is 148 Å². The van der Waals surface area contributed by atoms with E-state index in [0.717, 1.165) is 47.7 Å². The number of benzene rings is 1. The van der Waals surface area contributed by atoms with E-state index in [1.165, 1.54) is 17.0 Å². The van der Waals surface area contributed by atoms with Gasteiger partial charge in [0.2, 0.25) is 0 Å². The molecule has 1 aromatic carbocycles. The van der Waals surface area contributed by atoms with Crippen molar-refractivity contribution in [3.63, 3.8) is 0 Å². The van der Waals surface area contributed by atoms with Crippen LogP contribution >= 0.6 is 11.3 Å². The Balaban J connectivity index is 1.62. The SMILES string of the molecule is CCN1CCc2c(sc3c2C(=O)N[C@@H](c2ccc([N+](=O)[O-])cc2)N3)C1. The second-order valence-electron chi connectivity index (χ2n) is 6.23. The zero-order valence-electron chi connectivity index (χ0n) is 13.7. The molecule has 2 aliphatic rings. The first-order valence-corrected chi connectivity index (χ1v) is 9.07. The molecule has 1 atom stereocenters. The molecule has 4 rings (SSSR count). The van der Waals surface area contributed by atoms with Crippen LogP contribution in [0.1, 0.15) is 39.5 Å². The van der Waals surface area contributed by atoms with E-state index in [1.807, 2.05) is 0 Å². The minimum absolute atomic E-state index is 0.0396. The summed E-state index contributed by atoms with van der Waals surface area (Å²) in [6, 6.07) is 6.26. The number of hydrogen-bond acceptors (Lipinski definition) is 6. The minimum atomic E-state index is -0.429. The fourth-order valence-electron chi connectivity index (χ4n) is 3.39. The molecule has 0 bridgehead atoms. The lowest BCUT2D eigenvalue weighted by Crippen LogP contribution is -2.38. The minimum Gasteiger partial charge on any atom is -0.353 e. The van der Waals surface area contributed by atoms with E-state index in [-0.39, 0.29) is 17.8 Å². The average Bonchev–Trinajstić information content (AvgIpc) is 2.99. The molecule has 3 heterocycles. The third-order valence-corrected chi connectivity index (χ3v) is 5.95. The standard InChI is InChI=1S/C17H18N4O3S/c1-2-20-8-7-12-13(9-20)25-17-14(12)16(22)18-15(19-17)10-3-5-11(6-4-10)21(23)24/h3-6,15,19H,2,7-9H2,1H3,(H,18,22)/t15-/m1/s1. The number of nitro benzene ring substituents is 1. The highest BCUT2D eigenvalue weighted by molar-refractivity contribution is 7.16. The van der Waals surface area contributed by atoms with E-state index in [4.69, 9.17) is 0 Å². The fourth-order valence-corrected chi connectivity index (χ4v) is 4.71. The normalized spacial score (nSPS) is 19.6. The Morgan fingerprint density at radius 1 is 1.32 bits per heavy atom. The lowest BCUT2D eigenvalue weighted by Gasteiger charge is -2.28. The van der Waals surface area contributed by atoms with Crippen LogP contribution < -0.4 is 10.6 Å². The number of anilines is 1. The van der Waals surface area contributed by atoms with E-state index in [9.17, 15) is 14.9 Å². The number of fused-ring (bicyclic) bond motifs is 3. The molecule has 25 heavy (non-hydrogen) atoms. The summed E-state index contributed by atoms with van der Waals surface area (Å²) in [4.78, 5) is 26.6. The molecule has 0 spiro atoms. The van der Waals surface area contributed by atoms with Crippen molar-refractivity contribution in [2.24, 2.45) is 0 Å². The first-order chi connectivity index (χ1) is 12.1. The van der Waals surface area contributed by atoms with Crippen molar-refractivity contribution in [2.75, 3.05) is 18.4 Å². The predicted molar refractivity (Wildman–Crippen MR) is 95.9 cm³/mol. The second kappa shape index (κ2) is 6.12. The number of amides is 1. The predicted octanol–water partition coefficient (Wildman–Crippen LogP) is 2.89. The van der Waals surface area contributed by atoms with Gasteiger partial charge >= 0.3 is 0 Å². The van der Waals surface area contributed by atoms with Crippen LogP contribution in [0.3, 0.4) is 0 Å². The molecule has 0 saturated heterocycles. The van der Waals surface area contributed by atoms with Crippen LogP contribution in [-0.4, -0.2) is 28.8 Å². The molecule has 0 aliphatic carbocycles. The smallest absolute Gasteiger partial charge is 0.269 e. The molecular formula is C17H18N4O3S. The molecule has 2 aromatic rings. The summed E-state index contributed by atoms with van der Waals surface area (Å²) in [7, 11) is 0. The van der Waals surface area contributed by atoms with Gasteiger partial charge in [-0.2, -0.15) is 0 Å². The van der Waals surface area contributed by atoms with Crippen LogP contribution in [0.25, 0.3) is 0 Å². The lowest BCUT2D eigenvalue weighted by atomic mass is 10.0. The van der Waals surface area contributed by atoms with E-state index in [2.05, 4.69) is 22.5 Å². The third kappa shape index (κ3) is 2.77. The second-order valence-corrected chi connectivity index (χ2v) is 7.33. The van der Waals surface area contributed by atoms with E-state index < -0.39 is 4.92 Å². The van der Waals surface area contributed by atoms with Crippen molar-refractivity contribution < 1.29 is 9.72 Å². The van der Waals surface area contributed by atoms with Gasteiger partial charge in [0, 0.05) is 30.1 Å². The van der Waals surface area contributed by atoms with E-state index >= 15 is 0 Å². The molecule has 2 N–H and O–H groups in total. The Hall–Kier alpha value is -2.45. The maximum absolute atomic E-state index is 12.7. The van der Waals surface area contributed by atoms with Crippen LogP contribution in [0.15, 0.2) is 24.3 Å². The molecule has 7 nitrogen and oxygen atoms in total. The van der Waals surface area contributed by atoms with Crippen LogP contribution in [0.2, 0.25) is 0 Å². The van der Waals surface area contributed by atoms with Gasteiger partial charge in [0.05, 0.1) is 10.5 Å². The average molecular weight is 358 g/mol. The number of hydrogen-bond donors (Lipinski definition) is 2. The van der Waals surface area contributed by atoms with Gasteiger partial charge in [0.1, 0.15) is 11.2 Å². The maximum Gasteiger partial charge on any atom is 0.269 e. The Bertz CT molecular complexity index is 846. The van der Waals surface area contributed by atoms with Crippen LogP contribution in [-0.2, 0) is 13.0 Å². The van der Waals surface area contributed by atoms with Gasteiger partial charge < -0.3 is 10.6 Å². The Kier molecular flexibility index (Phi) is 3.93. The highest BCUT2D eigenvalue weighted by Gasteiger charge is 2.33. The van der Waals surface area contributed by atoms with Gasteiger partial charge in [0.25, 0.3) is 11.6 Å². The fraction of sp³-hybridized carbons (Fsp3) is 0.353. The van der Waals surface area contributed by atoms with Crippen molar-refractivity contribution >= 4 is 27.9 Å². The van der Waals surface area contributed by atoms with Gasteiger partial charge in [-0.3, -0.25) is 19.8 Å².